The molecular weight excluding hydrogens is 252 g/mol. The van der Waals surface area contributed by atoms with Crippen molar-refractivity contribution >= 4 is 17.3 Å². The molecule has 1 heterocycles. The van der Waals surface area contributed by atoms with Crippen molar-refractivity contribution in [1.29, 1.82) is 0 Å². The fourth-order valence-corrected chi connectivity index (χ4v) is 1.64. The van der Waals surface area contributed by atoms with E-state index in [0.717, 1.165) is 5.75 Å². The van der Waals surface area contributed by atoms with Crippen LogP contribution in [0, 0.1) is 0 Å². The molecule has 5 heteroatoms. The fourth-order valence-electron chi connectivity index (χ4n) is 1.52. The molecule has 0 radical (unpaired) electrons. The minimum atomic E-state index is -0.0936. The van der Waals surface area contributed by atoms with Gasteiger partial charge in [0.25, 0.3) is 5.56 Å². The molecule has 0 spiro atoms. The summed E-state index contributed by atoms with van der Waals surface area (Å²) in [6, 6.07) is 10.1. The van der Waals surface area contributed by atoms with Gasteiger partial charge in [0.2, 0.25) is 0 Å². The highest BCUT2D eigenvalue weighted by atomic mass is 35.5. The molecule has 2 aromatic rings. The van der Waals surface area contributed by atoms with Crippen LogP contribution in [0.5, 0.6) is 5.75 Å². The standard InChI is InChI=1S/C13H13ClN2O2/c14-10-1-4-12(5-2-10)18-8-7-16-9-11(15)3-6-13(16)17/h1-6,9H,7-8,15H2. The van der Waals surface area contributed by atoms with Crippen LogP contribution in [0.2, 0.25) is 5.02 Å². The zero-order valence-electron chi connectivity index (χ0n) is 9.67. The van der Waals surface area contributed by atoms with Crippen molar-refractivity contribution in [2.75, 3.05) is 12.3 Å². The van der Waals surface area contributed by atoms with Crippen LogP contribution < -0.4 is 16.0 Å². The van der Waals surface area contributed by atoms with Crippen LogP contribution in [-0.4, -0.2) is 11.2 Å². The van der Waals surface area contributed by atoms with Gasteiger partial charge in [0.1, 0.15) is 12.4 Å². The fraction of sp³-hybridized carbons (Fsp3) is 0.154. The first-order chi connectivity index (χ1) is 8.65. The average Bonchev–Trinajstić information content (AvgIpc) is 2.36. The van der Waals surface area contributed by atoms with Gasteiger partial charge < -0.3 is 15.0 Å². The summed E-state index contributed by atoms with van der Waals surface area (Å²) in [5.74, 6) is 0.719. The Morgan fingerprint density at radius 2 is 1.89 bits per heavy atom. The number of anilines is 1. The van der Waals surface area contributed by atoms with Gasteiger partial charge in [0, 0.05) is 23.0 Å². The van der Waals surface area contributed by atoms with Crippen molar-refractivity contribution in [3.05, 3.63) is 58.0 Å². The quantitative estimate of drug-likeness (QED) is 0.921. The van der Waals surface area contributed by atoms with E-state index in [-0.39, 0.29) is 5.56 Å². The first kappa shape index (κ1) is 12.5. The molecule has 4 nitrogen and oxygen atoms in total. The largest absolute Gasteiger partial charge is 0.492 e. The Hall–Kier alpha value is -1.94. The molecule has 2 rings (SSSR count). The Bertz CT molecular complexity index is 578. The molecule has 0 aliphatic carbocycles. The smallest absolute Gasteiger partial charge is 0.250 e. The number of pyridine rings is 1. The lowest BCUT2D eigenvalue weighted by atomic mass is 10.3. The van der Waals surface area contributed by atoms with Gasteiger partial charge >= 0.3 is 0 Å². The van der Waals surface area contributed by atoms with Crippen molar-refractivity contribution in [2.24, 2.45) is 0 Å². The molecule has 0 fully saturated rings. The molecule has 0 saturated heterocycles. The van der Waals surface area contributed by atoms with Crippen LogP contribution in [-0.2, 0) is 6.54 Å². The lowest BCUT2D eigenvalue weighted by Gasteiger charge is -2.08. The zero-order valence-corrected chi connectivity index (χ0v) is 10.4. The summed E-state index contributed by atoms with van der Waals surface area (Å²) in [7, 11) is 0. The van der Waals surface area contributed by atoms with Gasteiger partial charge in [-0.25, -0.2) is 0 Å². The number of hydrogen-bond acceptors (Lipinski definition) is 3. The summed E-state index contributed by atoms with van der Waals surface area (Å²) >= 11 is 5.76. The van der Waals surface area contributed by atoms with Crippen molar-refractivity contribution in [1.82, 2.24) is 4.57 Å². The van der Waals surface area contributed by atoms with Crippen LogP contribution >= 0.6 is 11.6 Å². The van der Waals surface area contributed by atoms with E-state index in [1.807, 2.05) is 0 Å². The van der Waals surface area contributed by atoms with E-state index < -0.39 is 0 Å². The molecule has 0 aliphatic rings. The Labute approximate surface area is 110 Å². The average molecular weight is 265 g/mol. The van der Waals surface area contributed by atoms with E-state index in [1.165, 1.54) is 10.6 Å². The normalized spacial score (nSPS) is 10.3. The summed E-state index contributed by atoms with van der Waals surface area (Å²) in [5, 5.41) is 0.661. The van der Waals surface area contributed by atoms with Crippen LogP contribution in [0.4, 0.5) is 5.69 Å². The third-order valence-electron chi connectivity index (χ3n) is 2.42. The Morgan fingerprint density at radius 3 is 2.61 bits per heavy atom. The maximum Gasteiger partial charge on any atom is 0.250 e. The molecule has 2 N–H and O–H groups in total. The van der Waals surface area contributed by atoms with Gasteiger partial charge in [0.05, 0.1) is 6.54 Å². The molecule has 1 aromatic carbocycles. The highest BCUT2D eigenvalue weighted by Crippen LogP contribution is 2.15. The van der Waals surface area contributed by atoms with E-state index in [0.29, 0.717) is 23.9 Å². The second kappa shape index (κ2) is 5.60. The molecule has 0 amide bonds. The molecule has 18 heavy (non-hydrogen) atoms. The number of halogens is 1. The summed E-state index contributed by atoms with van der Waals surface area (Å²) in [6.45, 7) is 0.845. The lowest BCUT2D eigenvalue weighted by Crippen LogP contribution is -2.22. The molecule has 1 aromatic heterocycles. The summed E-state index contributed by atoms with van der Waals surface area (Å²) in [5.41, 5.74) is 6.07. The number of benzene rings is 1. The Balaban J connectivity index is 1.94. The molecule has 0 atom stereocenters. The van der Waals surface area contributed by atoms with E-state index in [9.17, 15) is 4.79 Å². The molecule has 0 unspecified atom stereocenters. The predicted molar refractivity (Wildman–Crippen MR) is 72.1 cm³/mol. The Morgan fingerprint density at radius 1 is 1.17 bits per heavy atom. The SMILES string of the molecule is Nc1ccc(=O)n(CCOc2ccc(Cl)cc2)c1. The van der Waals surface area contributed by atoms with Gasteiger partial charge in [0.15, 0.2) is 0 Å². The van der Waals surface area contributed by atoms with Gasteiger partial charge in [-0.05, 0) is 30.3 Å². The second-order valence-electron chi connectivity index (χ2n) is 3.80. The first-order valence-electron chi connectivity index (χ1n) is 5.49. The van der Waals surface area contributed by atoms with Crippen molar-refractivity contribution < 1.29 is 4.74 Å². The number of hydrogen-bond donors (Lipinski definition) is 1. The zero-order chi connectivity index (χ0) is 13.0. The number of aromatic nitrogens is 1. The molecular formula is C13H13ClN2O2. The topological polar surface area (TPSA) is 57.2 Å². The molecule has 0 aliphatic heterocycles. The number of ether oxygens (including phenoxy) is 1. The number of nitrogens with zero attached hydrogens (tertiary/aromatic N) is 1. The van der Waals surface area contributed by atoms with Crippen molar-refractivity contribution in [2.45, 2.75) is 6.54 Å². The minimum absolute atomic E-state index is 0.0936. The third-order valence-corrected chi connectivity index (χ3v) is 2.67. The predicted octanol–water partition coefficient (Wildman–Crippen LogP) is 2.16. The van der Waals surface area contributed by atoms with Crippen LogP contribution in [0.15, 0.2) is 47.4 Å². The van der Waals surface area contributed by atoms with Gasteiger partial charge in [-0.3, -0.25) is 4.79 Å². The highest BCUT2D eigenvalue weighted by Gasteiger charge is 1.98. The van der Waals surface area contributed by atoms with E-state index in [4.69, 9.17) is 22.1 Å². The summed E-state index contributed by atoms with van der Waals surface area (Å²) in [6.07, 6.45) is 1.60. The molecule has 94 valence electrons. The van der Waals surface area contributed by atoms with Gasteiger partial charge in [-0.15, -0.1) is 0 Å². The van der Waals surface area contributed by atoms with Gasteiger partial charge in [-0.2, -0.15) is 0 Å². The monoisotopic (exact) mass is 264 g/mol. The maximum atomic E-state index is 11.5. The third kappa shape index (κ3) is 3.28. The summed E-state index contributed by atoms with van der Waals surface area (Å²) < 4.78 is 7.02. The van der Waals surface area contributed by atoms with E-state index >= 15 is 0 Å². The number of nitrogens with two attached hydrogens (primary N) is 1. The van der Waals surface area contributed by atoms with E-state index in [1.54, 1.807) is 36.5 Å². The van der Waals surface area contributed by atoms with Crippen molar-refractivity contribution in [3.63, 3.8) is 0 Å². The van der Waals surface area contributed by atoms with Crippen molar-refractivity contribution in [3.8, 4) is 5.75 Å². The maximum absolute atomic E-state index is 11.5. The van der Waals surface area contributed by atoms with Crippen LogP contribution in [0.3, 0.4) is 0 Å². The van der Waals surface area contributed by atoms with Crippen LogP contribution in [0.25, 0.3) is 0 Å². The molecule has 0 saturated carbocycles. The minimum Gasteiger partial charge on any atom is -0.492 e. The van der Waals surface area contributed by atoms with Gasteiger partial charge in [-0.1, -0.05) is 11.6 Å². The highest BCUT2D eigenvalue weighted by molar-refractivity contribution is 6.30. The lowest BCUT2D eigenvalue weighted by molar-refractivity contribution is 0.296. The van der Waals surface area contributed by atoms with E-state index in [2.05, 4.69) is 0 Å². The Kier molecular flexibility index (Phi) is 3.89. The number of rotatable bonds is 4. The summed E-state index contributed by atoms with van der Waals surface area (Å²) in [4.78, 5) is 11.5. The first-order valence-corrected chi connectivity index (χ1v) is 5.87. The second-order valence-corrected chi connectivity index (χ2v) is 4.23. The van der Waals surface area contributed by atoms with Crippen LogP contribution in [0.1, 0.15) is 0 Å². The number of nitrogen functional groups attached to an aromatic ring is 1. The molecule has 0 bridgehead atoms.